The Labute approximate surface area is 97.8 Å². The number of hydrogen-bond donors (Lipinski definition) is 2. The van der Waals surface area contributed by atoms with Gasteiger partial charge in [-0.3, -0.25) is 10.8 Å². The van der Waals surface area contributed by atoms with Crippen LogP contribution in [0.5, 0.6) is 0 Å². The molecule has 0 fully saturated rings. The normalized spacial score (nSPS) is 10.1. The van der Waals surface area contributed by atoms with Crippen molar-refractivity contribution in [2.24, 2.45) is 0 Å². The van der Waals surface area contributed by atoms with Gasteiger partial charge in [-0.15, -0.1) is 11.3 Å². The van der Waals surface area contributed by atoms with Crippen LogP contribution in [0.2, 0.25) is 0 Å². The standard InChI is InChI=1S/C12H11N3S/c1-8-2-4-9(5-3-8)10(13)11(14)12-15-6-7-16-12/h2-7,13-14H,1H3. The lowest BCUT2D eigenvalue weighted by Gasteiger charge is -2.03. The van der Waals surface area contributed by atoms with E-state index < -0.39 is 0 Å². The lowest BCUT2D eigenvalue weighted by atomic mass is 10.0. The Bertz CT molecular complexity index is 512. The first-order valence-corrected chi connectivity index (χ1v) is 5.71. The summed E-state index contributed by atoms with van der Waals surface area (Å²) in [5.74, 6) is 0. The third-order valence-corrected chi connectivity index (χ3v) is 3.03. The summed E-state index contributed by atoms with van der Waals surface area (Å²) in [6.45, 7) is 2.00. The van der Waals surface area contributed by atoms with E-state index in [2.05, 4.69) is 4.98 Å². The van der Waals surface area contributed by atoms with Gasteiger partial charge in [0.15, 0.2) is 0 Å². The van der Waals surface area contributed by atoms with Gasteiger partial charge in [0.1, 0.15) is 10.7 Å². The van der Waals surface area contributed by atoms with Crippen molar-refractivity contribution < 1.29 is 0 Å². The maximum absolute atomic E-state index is 7.92. The maximum Gasteiger partial charge on any atom is 0.143 e. The molecule has 1 aromatic carbocycles. The van der Waals surface area contributed by atoms with E-state index >= 15 is 0 Å². The van der Waals surface area contributed by atoms with Crippen LogP contribution in [0.25, 0.3) is 0 Å². The SMILES string of the molecule is Cc1ccc(C(=N)C(=N)c2nccs2)cc1. The van der Waals surface area contributed by atoms with Crippen molar-refractivity contribution in [2.75, 3.05) is 0 Å². The molecule has 0 aliphatic heterocycles. The first-order chi connectivity index (χ1) is 7.68. The molecule has 2 N–H and O–H groups in total. The first kappa shape index (κ1) is 10.7. The van der Waals surface area contributed by atoms with E-state index in [4.69, 9.17) is 10.8 Å². The van der Waals surface area contributed by atoms with Crippen molar-refractivity contribution in [1.29, 1.82) is 10.8 Å². The highest BCUT2D eigenvalue weighted by atomic mass is 32.1. The van der Waals surface area contributed by atoms with Gasteiger partial charge >= 0.3 is 0 Å². The average molecular weight is 229 g/mol. The molecule has 0 radical (unpaired) electrons. The van der Waals surface area contributed by atoms with Gasteiger partial charge in [0.2, 0.25) is 0 Å². The highest BCUT2D eigenvalue weighted by molar-refractivity contribution is 7.12. The largest absolute Gasteiger partial charge is 0.298 e. The molecule has 1 heterocycles. The predicted octanol–water partition coefficient (Wildman–Crippen LogP) is 2.89. The van der Waals surface area contributed by atoms with Gasteiger partial charge in [-0.1, -0.05) is 29.8 Å². The van der Waals surface area contributed by atoms with Crippen LogP contribution >= 0.6 is 11.3 Å². The summed E-state index contributed by atoms with van der Waals surface area (Å²) >= 11 is 1.38. The Morgan fingerprint density at radius 2 is 1.81 bits per heavy atom. The van der Waals surface area contributed by atoms with Crippen molar-refractivity contribution in [2.45, 2.75) is 6.92 Å². The van der Waals surface area contributed by atoms with Crippen LogP contribution in [0.15, 0.2) is 35.8 Å². The van der Waals surface area contributed by atoms with Crippen molar-refractivity contribution in [3.8, 4) is 0 Å². The fraction of sp³-hybridized carbons (Fsp3) is 0.0833. The molecule has 16 heavy (non-hydrogen) atoms. The van der Waals surface area contributed by atoms with Gasteiger partial charge < -0.3 is 0 Å². The van der Waals surface area contributed by atoms with Gasteiger partial charge in [-0.05, 0) is 6.92 Å². The summed E-state index contributed by atoms with van der Waals surface area (Å²) in [4.78, 5) is 4.03. The summed E-state index contributed by atoms with van der Waals surface area (Å²) in [6.07, 6.45) is 1.65. The minimum atomic E-state index is 0.179. The van der Waals surface area contributed by atoms with Crippen LogP contribution in [-0.4, -0.2) is 16.4 Å². The molecule has 0 bridgehead atoms. The maximum atomic E-state index is 7.92. The number of aryl methyl sites for hydroxylation is 1. The van der Waals surface area contributed by atoms with Crippen LogP contribution < -0.4 is 0 Å². The second kappa shape index (κ2) is 4.37. The Morgan fingerprint density at radius 1 is 1.12 bits per heavy atom. The molecule has 2 rings (SSSR count). The predicted molar refractivity (Wildman–Crippen MR) is 67.0 cm³/mol. The number of nitrogens with zero attached hydrogens (tertiary/aromatic N) is 1. The summed E-state index contributed by atoms with van der Waals surface area (Å²) in [6, 6.07) is 7.61. The van der Waals surface area contributed by atoms with E-state index in [1.807, 2.05) is 36.6 Å². The Hall–Kier alpha value is -1.81. The zero-order valence-corrected chi connectivity index (χ0v) is 9.64. The molecule has 0 spiro atoms. The highest BCUT2D eigenvalue weighted by Gasteiger charge is 2.12. The molecule has 0 amide bonds. The summed E-state index contributed by atoms with van der Waals surface area (Å²) in [7, 11) is 0. The van der Waals surface area contributed by atoms with E-state index in [0.717, 1.165) is 11.1 Å². The molecule has 0 saturated heterocycles. The molecule has 2 aromatic rings. The van der Waals surface area contributed by atoms with Crippen molar-refractivity contribution >= 4 is 22.8 Å². The number of nitrogens with one attached hydrogen (secondary N) is 2. The van der Waals surface area contributed by atoms with E-state index in [9.17, 15) is 0 Å². The van der Waals surface area contributed by atoms with E-state index in [1.165, 1.54) is 11.3 Å². The second-order valence-electron chi connectivity index (χ2n) is 3.45. The molecule has 0 aliphatic carbocycles. The zero-order valence-electron chi connectivity index (χ0n) is 8.82. The van der Waals surface area contributed by atoms with Crippen LogP contribution in [0.1, 0.15) is 16.1 Å². The number of aromatic nitrogens is 1. The third-order valence-electron chi connectivity index (χ3n) is 2.24. The number of hydrogen-bond acceptors (Lipinski definition) is 4. The Morgan fingerprint density at radius 3 is 2.38 bits per heavy atom. The van der Waals surface area contributed by atoms with Gasteiger partial charge in [-0.2, -0.15) is 0 Å². The van der Waals surface area contributed by atoms with Gasteiger partial charge in [0.05, 0.1) is 5.71 Å². The fourth-order valence-electron chi connectivity index (χ4n) is 1.32. The van der Waals surface area contributed by atoms with Crippen molar-refractivity contribution in [1.82, 2.24) is 4.98 Å². The lowest BCUT2D eigenvalue weighted by Crippen LogP contribution is -2.14. The quantitative estimate of drug-likeness (QED) is 0.781. The minimum Gasteiger partial charge on any atom is -0.298 e. The van der Waals surface area contributed by atoms with Crippen LogP contribution in [-0.2, 0) is 0 Å². The van der Waals surface area contributed by atoms with E-state index in [0.29, 0.717) is 5.01 Å². The highest BCUT2D eigenvalue weighted by Crippen LogP contribution is 2.10. The molecule has 0 aliphatic rings. The van der Waals surface area contributed by atoms with Crippen LogP contribution in [0.4, 0.5) is 0 Å². The van der Waals surface area contributed by atoms with Crippen LogP contribution in [0.3, 0.4) is 0 Å². The Balaban J connectivity index is 2.26. The molecule has 0 atom stereocenters. The lowest BCUT2D eigenvalue weighted by molar-refractivity contribution is 1.36. The molecule has 80 valence electrons. The van der Waals surface area contributed by atoms with Gasteiger partial charge in [0, 0.05) is 17.1 Å². The molecule has 0 saturated carbocycles. The molecule has 0 unspecified atom stereocenters. The molecule has 4 heteroatoms. The number of thiazole rings is 1. The first-order valence-electron chi connectivity index (χ1n) is 4.83. The topological polar surface area (TPSA) is 60.6 Å². The van der Waals surface area contributed by atoms with Crippen molar-refractivity contribution in [3.63, 3.8) is 0 Å². The second-order valence-corrected chi connectivity index (χ2v) is 4.35. The minimum absolute atomic E-state index is 0.179. The summed E-state index contributed by atoms with van der Waals surface area (Å²) in [5, 5.41) is 18.2. The zero-order chi connectivity index (χ0) is 11.5. The van der Waals surface area contributed by atoms with Crippen LogP contribution in [0, 0.1) is 17.7 Å². The van der Waals surface area contributed by atoms with Gasteiger partial charge in [0.25, 0.3) is 0 Å². The summed E-state index contributed by atoms with van der Waals surface area (Å²) in [5.41, 5.74) is 2.30. The average Bonchev–Trinajstić information content (AvgIpc) is 2.81. The fourth-order valence-corrected chi connectivity index (χ4v) is 1.91. The van der Waals surface area contributed by atoms with Crippen molar-refractivity contribution in [3.05, 3.63) is 52.0 Å². The van der Waals surface area contributed by atoms with E-state index in [-0.39, 0.29) is 11.4 Å². The molecular formula is C12H11N3S. The number of rotatable bonds is 3. The van der Waals surface area contributed by atoms with E-state index in [1.54, 1.807) is 6.20 Å². The Kier molecular flexibility index (Phi) is 2.92. The molecular weight excluding hydrogens is 218 g/mol. The summed E-state index contributed by atoms with van der Waals surface area (Å²) < 4.78 is 0. The number of benzene rings is 1. The van der Waals surface area contributed by atoms with Gasteiger partial charge in [-0.25, -0.2) is 4.98 Å². The third kappa shape index (κ3) is 2.06. The monoisotopic (exact) mass is 229 g/mol. The molecule has 1 aromatic heterocycles. The molecule has 3 nitrogen and oxygen atoms in total. The smallest absolute Gasteiger partial charge is 0.143 e.